The van der Waals surface area contributed by atoms with Gasteiger partial charge in [-0.1, -0.05) is 50.2 Å². The van der Waals surface area contributed by atoms with E-state index in [1.54, 1.807) is 18.2 Å². The third kappa shape index (κ3) is 5.24. The van der Waals surface area contributed by atoms with Crippen molar-refractivity contribution < 1.29 is 19.2 Å². The fraction of sp³-hybridized carbons (Fsp3) is 0.429. The summed E-state index contributed by atoms with van der Waals surface area (Å²) in [4.78, 5) is 52.5. The van der Waals surface area contributed by atoms with Crippen LogP contribution in [0.2, 0.25) is 0 Å². The molecule has 3 unspecified atom stereocenters. The zero-order valence-electron chi connectivity index (χ0n) is 21.0. The molecule has 190 valence electrons. The maximum absolute atomic E-state index is 13.5. The van der Waals surface area contributed by atoms with E-state index < -0.39 is 18.1 Å². The van der Waals surface area contributed by atoms with Gasteiger partial charge in [0, 0.05) is 18.2 Å². The highest BCUT2D eigenvalue weighted by molar-refractivity contribution is 6.01. The van der Waals surface area contributed by atoms with Crippen LogP contribution in [0.5, 0.6) is 0 Å². The van der Waals surface area contributed by atoms with Gasteiger partial charge in [-0.15, -0.1) is 0 Å². The van der Waals surface area contributed by atoms with E-state index in [4.69, 9.17) is 5.73 Å². The van der Waals surface area contributed by atoms with Gasteiger partial charge in [0.15, 0.2) is 11.6 Å². The Labute approximate surface area is 211 Å². The van der Waals surface area contributed by atoms with Crippen molar-refractivity contribution in [2.45, 2.75) is 64.3 Å². The van der Waals surface area contributed by atoms with Crippen LogP contribution in [0.25, 0.3) is 11.1 Å². The van der Waals surface area contributed by atoms with Crippen molar-refractivity contribution in [2.24, 2.45) is 11.7 Å². The van der Waals surface area contributed by atoms with E-state index in [-0.39, 0.29) is 41.9 Å². The smallest absolute Gasteiger partial charge is 0.251 e. The Hall–Kier alpha value is -3.36. The largest absolute Gasteiger partial charge is 0.340 e. The zero-order valence-corrected chi connectivity index (χ0v) is 21.0. The number of benzene rings is 2. The molecule has 4 atom stereocenters. The first-order valence-corrected chi connectivity index (χ1v) is 12.5. The molecule has 2 aliphatic carbocycles. The topological polar surface area (TPSA) is 122 Å². The molecule has 0 bridgehead atoms. The monoisotopic (exact) mass is 490 g/mol. The molecular weight excluding hydrogens is 456 g/mol. The highest BCUT2D eigenvalue weighted by Gasteiger charge is 2.52. The molecule has 0 spiro atoms. The second kappa shape index (κ2) is 10.7. The summed E-state index contributed by atoms with van der Waals surface area (Å²) in [5.74, 6) is -0.881. The molecule has 36 heavy (non-hydrogen) atoms. The minimum absolute atomic E-state index is 0.0950. The number of hydrogen-bond donors (Lipinski definition) is 3. The number of carbonyl (C=O) groups is 4. The summed E-state index contributed by atoms with van der Waals surface area (Å²) >= 11 is 0. The number of hydrogen-bond acceptors (Lipinski definition) is 6. The van der Waals surface area contributed by atoms with Crippen molar-refractivity contribution in [3.05, 3.63) is 59.7 Å². The number of nitrogens with two attached hydrogens (primary N) is 1. The second-order valence-corrected chi connectivity index (χ2v) is 10.1. The number of fused-ring (bicyclic) bond motifs is 2. The molecule has 5 rings (SSSR count). The van der Waals surface area contributed by atoms with Crippen molar-refractivity contribution >= 4 is 23.4 Å². The lowest BCUT2D eigenvalue weighted by atomic mass is 9.95. The van der Waals surface area contributed by atoms with Crippen LogP contribution in [0.4, 0.5) is 0 Å². The van der Waals surface area contributed by atoms with Gasteiger partial charge < -0.3 is 21.3 Å². The van der Waals surface area contributed by atoms with Gasteiger partial charge in [-0.25, -0.2) is 0 Å². The Morgan fingerprint density at radius 1 is 1.11 bits per heavy atom. The molecule has 4 N–H and O–H groups in total. The van der Waals surface area contributed by atoms with E-state index in [1.807, 2.05) is 19.9 Å². The van der Waals surface area contributed by atoms with Gasteiger partial charge in [0.1, 0.15) is 12.1 Å². The second-order valence-electron chi connectivity index (χ2n) is 10.1. The predicted octanol–water partition coefficient (Wildman–Crippen LogP) is 2.06. The molecule has 4 aliphatic rings. The van der Waals surface area contributed by atoms with Crippen LogP contribution in [-0.4, -0.2) is 59.0 Å². The van der Waals surface area contributed by atoms with Crippen LogP contribution < -0.4 is 16.4 Å². The summed E-state index contributed by atoms with van der Waals surface area (Å²) < 4.78 is 0. The molecule has 8 nitrogen and oxygen atoms in total. The van der Waals surface area contributed by atoms with Crippen LogP contribution in [-0.2, 0) is 20.9 Å². The van der Waals surface area contributed by atoms with Crippen molar-refractivity contribution in [2.75, 3.05) is 6.54 Å². The Balaban J connectivity index is 0.000000434. The summed E-state index contributed by atoms with van der Waals surface area (Å²) in [5, 5.41) is 5.94. The van der Waals surface area contributed by atoms with Gasteiger partial charge in [-0.2, -0.15) is 0 Å². The van der Waals surface area contributed by atoms with Crippen LogP contribution in [0.1, 0.15) is 49.5 Å². The molecule has 2 fully saturated rings. The van der Waals surface area contributed by atoms with Crippen molar-refractivity contribution in [3.63, 3.8) is 0 Å². The molecule has 2 heterocycles. The standard InChI is InChI=1S/C22H30N4O4.C6H4/c1-12(2)7-17(25-21(29)15-6-4-5-14(8-15)10-23)22(30)26-18(13(3)27)9-16-20(26)19(28)11-24-16;1-2-6-4-3-5(1)6/h4-6,8,12,16-18,20,24H,7,9-11,23H2,1-3H3,(H,25,29);1-4H/t16?,17-,18?,20?;/m0./s1. The minimum atomic E-state index is -0.826. The van der Waals surface area contributed by atoms with E-state index in [0.717, 1.165) is 5.56 Å². The summed E-state index contributed by atoms with van der Waals surface area (Å²) in [6.07, 6.45) is 0.819. The number of amides is 2. The molecule has 8 heteroatoms. The number of rotatable bonds is 7. The van der Waals surface area contributed by atoms with Crippen LogP contribution >= 0.6 is 0 Å². The van der Waals surface area contributed by atoms with Gasteiger partial charge in [0.2, 0.25) is 5.91 Å². The molecular formula is C28H34N4O4. The molecule has 2 amide bonds. The van der Waals surface area contributed by atoms with E-state index in [1.165, 1.54) is 23.0 Å². The summed E-state index contributed by atoms with van der Waals surface area (Å²) in [7, 11) is 0. The third-order valence-corrected chi connectivity index (χ3v) is 7.04. The number of nitrogens with zero attached hydrogens (tertiary/aromatic N) is 1. The highest BCUT2D eigenvalue weighted by atomic mass is 16.2. The zero-order chi connectivity index (χ0) is 26.0. The van der Waals surface area contributed by atoms with E-state index in [0.29, 0.717) is 24.9 Å². The fourth-order valence-electron chi connectivity index (χ4n) is 5.05. The normalized spacial score (nSPS) is 22.0. The summed E-state index contributed by atoms with van der Waals surface area (Å²) in [6.45, 7) is 5.85. The highest BCUT2D eigenvalue weighted by Crippen LogP contribution is 2.31. The first-order valence-electron chi connectivity index (χ1n) is 12.5. The number of carbonyl (C=O) groups excluding carboxylic acids is 4. The van der Waals surface area contributed by atoms with Gasteiger partial charge >= 0.3 is 0 Å². The Kier molecular flexibility index (Phi) is 7.66. The predicted molar refractivity (Wildman–Crippen MR) is 137 cm³/mol. The van der Waals surface area contributed by atoms with Crippen molar-refractivity contribution in [1.82, 2.24) is 15.5 Å². The average Bonchev–Trinajstić information content (AvgIpc) is 3.40. The maximum atomic E-state index is 13.5. The SMILES string of the molecule is CC(=O)C1CC2NCC(=O)C2N1C(=O)[C@H](CC(C)C)NC(=O)c1cccc(CN)c1.c1cc2ccc1-2. The van der Waals surface area contributed by atoms with E-state index in [9.17, 15) is 19.2 Å². The first kappa shape index (κ1) is 25.7. The van der Waals surface area contributed by atoms with Crippen LogP contribution in [0, 0.1) is 5.92 Å². The third-order valence-electron chi connectivity index (χ3n) is 7.04. The minimum Gasteiger partial charge on any atom is -0.340 e. The quantitative estimate of drug-likeness (QED) is 0.466. The Morgan fingerprint density at radius 3 is 2.31 bits per heavy atom. The molecule has 0 aromatic heterocycles. The summed E-state index contributed by atoms with van der Waals surface area (Å²) in [5.41, 5.74) is 9.75. The van der Waals surface area contributed by atoms with E-state index in [2.05, 4.69) is 34.9 Å². The van der Waals surface area contributed by atoms with Gasteiger partial charge in [-0.3, -0.25) is 19.2 Å². The van der Waals surface area contributed by atoms with Crippen molar-refractivity contribution in [1.29, 1.82) is 0 Å². The number of nitrogens with one attached hydrogen (secondary N) is 2. The molecule has 2 aliphatic heterocycles. The number of Topliss-reactive ketones (excluding diaryl/α,β-unsaturated/α-hetero) is 2. The van der Waals surface area contributed by atoms with Crippen molar-refractivity contribution in [3.8, 4) is 11.1 Å². The fourth-order valence-corrected chi connectivity index (χ4v) is 5.05. The molecule has 0 radical (unpaired) electrons. The number of likely N-dealkylation sites (tertiary alicyclic amines) is 1. The molecule has 1 aromatic rings. The van der Waals surface area contributed by atoms with Gasteiger partial charge in [0.25, 0.3) is 5.91 Å². The molecule has 0 saturated carbocycles. The Morgan fingerprint density at radius 2 is 1.78 bits per heavy atom. The lowest BCUT2D eigenvalue weighted by Gasteiger charge is -2.32. The molecule has 2 saturated heterocycles. The maximum Gasteiger partial charge on any atom is 0.251 e. The lowest BCUT2D eigenvalue weighted by molar-refractivity contribution is -0.143. The van der Waals surface area contributed by atoms with Crippen LogP contribution in [0.15, 0.2) is 48.5 Å². The van der Waals surface area contributed by atoms with Crippen LogP contribution in [0.3, 0.4) is 0 Å². The van der Waals surface area contributed by atoms with E-state index >= 15 is 0 Å². The van der Waals surface area contributed by atoms with Gasteiger partial charge in [-0.05, 0) is 54.5 Å². The molecule has 1 aromatic carbocycles. The summed E-state index contributed by atoms with van der Waals surface area (Å²) in [6, 6.07) is 13.1. The first-order chi connectivity index (χ1) is 17.2. The number of ketones is 2. The Bertz CT molecular complexity index is 1140. The van der Waals surface area contributed by atoms with Gasteiger partial charge in [0.05, 0.1) is 12.6 Å². The average molecular weight is 491 g/mol. The lowest BCUT2D eigenvalue weighted by Crippen LogP contribution is -2.56.